The molecule has 2 N–H and O–H groups in total. The summed E-state index contributed by atoms with van der Waals surface area (Å²) in [6, 6.07) is 12.0. The number of amides is 1. The van der Waals surface area contributed by atoms with Crippen molar-refractivity contribution < 1.29 is 4.79 Å². The lowest BCUT2D eigenvalue weighted by atomic mass is 10.1. The third-order valence-corrected chi connectivity index (χ3v) is 3.42. The minimum atomic E-state index is 0.0263. The number of hydrogen-bond donors (Lipinski definition) is 2. The number of aromatic nitrogens is 2. The fraction of sp³-hybridized carbons (Fsp3) is 0.176. The van der Waals surface area contributed by atoms with Crippen LogP contribution in [0.1, 0.15) is 16.8 Å². The zero-order valence-corrected chi connectivity index (χ0v) is 11.9. The van der Waals surface area contributed by atoms with Crippen molar-refractivity contribution in [2.45, 2.75) is 19.9 Å². The highest BCUT2D eigenvalue weighted by atomic mass is 16.1. The molecule has 0 spiro atoms. The van der Waals surface area contributed by atoms with E-state index >= 15 is 0 Å². The summed E-state index contributed by atoms with van der Waals surface area (Å²) < 4.78 is 0. The van der Waals surface area contributed by atoms with Gasteiger partial charge in [0.25, 0.3) is 0 Å². The molecule has 0 saturated carbocycles. The second kappa shape index (κ2) is 5.79. The van der Waals surface area contributed by atoms with Crippen LogP contribution in [0, 0.1) is 6.92 Å². The Morgan fingerprint density at radius 2 is 1.95 bits per heavy atom. The molecule has 0 fully saturated rings. The van der Waals surface area contributed by atoms with Gasteiger partial charge in [-0.1, -0.05) is 6.07 Å². The van der Waals surface area contributed by atoms with Crippen LogP contribution in [-0.4, -0.2) is 15.9 Å². The fourth-order valence-corrected chi connectivity index (χ4v) is 2.39. The lowest BCUT2D eigenvalue weighted by Gasteiger charge is -2.05. The van der Waals surface area contributed by atoms with Gasteiger partial charge >= 0.3 is 0 Å². The van der Waals surface area contributed by atoms with Crippen molar-refractivity contribution in [1.29, 1.82) is 0 Å². The number of pyridine rings is 1. The first-order valence-corrected chi connectivity index (χ1v) is 6.94. The summed E-state index contributed by atoms with van der Waals surface area (Å²) in [4.78, 5) is 19.2. The van der Waals surface area contributed by atoms with Gasteiger partial charge in [-0.15, -0.1) is 0 Å². The van der Waals surface area contributed by atoms with Gasteiger partial charge in [0, 0.05) is 30.1 Å². The molecule has 0 aliphatic rings. The molecule has 4 nitrogen and oxygen atoms in total. The average Bonchev–Trinajstić information content (AvgIpc) is 2.85. The normalized spacial score (nSPS) is 10.7. The maximum Gasteiger partial charge on any atom is 0.224 e. The van der Waals surface area contributed by atoms with Crippen LogP contribution in [0.4, 0.5) is 0 Å². The molecule has 3 aromatic rings. The van der Waals surface area contributed by atoms with Crippen LogP contribution >= 0.6 is 0 Å². The van der Waals surface area contributed by atoms with Crippen molar-refractivity contribution in [3.63, 3.8) is 0 Å². The number of aromatic amines is 1. The lowest BCUT2D eigenvalue weighted by Crippen LogP contribution is -2.24. The molecule has 0 bridgehead atoms. The van der Waals surface area contributed by atoms with E-state index in [1.807, 2.05) is 31.2 Å². The molecule has 0 saturated heterocycles. The van der Waals surface area contributed by atoms with E-state index in [1.165, 1.54) is 0 Å². The molecule has 21 heavy (non-hydrogen) atoms. The number of rotatable bonds is 4. The van der Waals surface area contributed by atoms with Crippen molar-refractivity contribution in [2.24, 2.45) is 0 Å². The predicted octanol–water partition coefficient (Wildman–Crippen LogP) is 2.73. The quantitative estimate of drug-likeness (QED) is 0.771. The van der Waals surface area contributed by atoms with Crippen molar-refractivity contribution in [1.82, 2.24) is 15.3 Å². The van der Waals surface area contributed by atoms with Crippen molar-refractivity contribution in [3.8, 4) is 0 Å². The monoisotopic (exact) mass is 279 g/mol. The Bertz CT molecular complexity index is 762. The molecule has 3 rings (SSSR count). The molecule has 0 atom stereocenters. The number of nitrogens with zero attached hydrogens (tertiary/aromatic N) is 1. The number of nitrogens with one attached hydrogen (secondary N) is 2. The number of carbonyl (C=O) groups excluding carboxylic acids is 1. The number of carbonyl (C=O) groups is 1. The summed E-state index contributed by atoms with van der Waals surface area (Å²) in [7, 11) is 0. The lowest BCUT2D eigenvalue weighted by molar-refractivity contribution is -0.120. The summed E-state index contributed by atoms with van der Waals surface area (Å²) in [5.74, 6) is 0.0263. The highest BCUT2D eigenvalue weighted by Crippen LogP contribution is 2.17. The number of benzene rings is 1. The van der Waals surface area contributed by atoms with E-state index in [0.717, 1.165) is 27.7 Å². The van der Waals surface area contributed by atoms with E-state index in [-0.39, 0.29) is 5.91 Å². The van der Waals surface area contributed by atoms with Gasteiger partial charge in [-0.05, 0) is 53.8 Å². The van der Waals surface area contributed by atoms with Gasteiger partial charge in [-0.25, -0.2) is 0 Å². The van der Waals surface area contributed by atoms with E-state index in [0.29, 0.717) is 13.0 Å². The second-order valence-corrected chi connectivity index (χ2v) is 5.18. The Morgan fingerprint density at radius 3 is 2.76 bits per heavy atom. The zero-order valence-electron chi connectivity index (χ0n) is 11.9. The standard InChI is InChI=1S/C17H17N3O/c1-12-8-15-9-14(2-3-16(15)20-12)10-17(21)19-11-13-4-6-18-7-5-13/h2-9,20H,10-11H2,1H3,(H,19,21). The van der Waals surface area contributed by atoms with Crippen LogP contribution in [0.25, 0.3) is 10.9 Å². The minimum Gasteiger partial charge on any atom is -0.359 e. The minimum absolute atomic E-state index is 0.0263. The number of fused-ring (bicyclic) bond motifs is 1. The van der Waals surface area contributed by atoms with Crippen LogP contribution in [0.15, 0.2) is 48.8 Å². The molecule has 2 heterocycles. The van der Waals surface area contributed by atoms with Gasteiger partial charge in [0.2, 0.25) is 5.91 Å². The highest BCUT2D eigenvalue weighted by Gasteiger charge is 2.05. The molecular formula is C17H17N3O. The average molecular weight is 279 g/mol. The van der Waals surface area contributed by atoms with Gasteiger partial charge in [0.15, 0.2) is 0 Å². The van der Waals surface area contributed by atoms with E-state index in [1.54, 1.807) is 12.4 Å². The molecule has 0 unspecified atom stereocenters. The molecule has 106 valence electrons. The van der Waals surface area contributed by atoms with E-state index < -0.39 is 0 Å². The molecule has 4 heteroatoms. The summed E-state index contributed by atoms with van der Waals surface area (Å²) in [5.41, 5.74) is 4.31. The predicted molar refractivity (Wildman–Crippen MR) is 82.8 cm³/mol. The topological polar surface area (TPSA) is 57.8 Å². The Balaban J connectivity index is 1.63. The summed E-state index contributed by atoms with van der Waals surface area (Å²) in [6.45, 7) is 2.56. The van der Waals surface area contributed by atoms with Crippen LogP contribution < -0.4 is 5.32 Å². The second-order valence-electron chi connectivity index (χ2n) is 5.18. The van der Waals surface area contributed by atoms with Gasteiger partial charge < -0.3 is 10.3 Å². The van der Waals surface area contributed by atoms with Crippen LogP contribution in [-0.2, 0) is 17.8 Å². The highest BCUT2D eigenvalue weighted by molar-refractivity contribution is 5.84. The van der Waals surface area contributed by atoms with E-state index in [2.05, 4.69) is 27.4 Å². The Kier molecular flexibility index (Phi) is 3.69. The van der Waals surface area contributed by atoms with Crippen molar-refractivity contribution in [3.05, 3.63) is 65.6 Å². The molecular weight excluding hydrogens is 262 g/mol. The van der Waals surface area contributed by atoms with Crippen LogP contribution in [0.3, 0.4) is 0 Å². The number of aryl methyl sites for hydroxylation is 1. The van der Waals surface area contributed by atoms with Gasteiger partial charge in [0.1, 0.15) is 0 Å². The molecule has 1 aromatic carbocycles. The van der Waals surface area contributed by atoms with Gasteiger partial charge in [-0.3, -0.25) is 9.78 Å². The van der Waals surface area contributed by atoms with Gasteiger partial charge in [0.05, 0.1) is 6.42 Å². The maximum absolute atomic E-state index is 12.0. The first-order valence-electron chi connectivity index (χ1n) is 6.94. The Labute approximate surface area is 123 Å². The van der Waals surface area contributed by atoms with E-state index in [4.69, 9.17) is 0 Å². The molecule has 1 amide bonds. The van der Waals surface area contributed by atoms with E-state index in [9.17, 15) is 4.79 Å². The molecule has 0 aliphatic carbocycles. The smallest absolute Gasteiger partial charge is 0.224 e. The van der Waals surface area contributed by atoms with Gasteiger partial charge in [-0.2, -0.15) is 0 Å². The van der Waals surface area contributed by atoms with Crippen LogP contribution in [0.2, 0.25) is 0 Å². The number of H-pyrrole nitrogens is 1. The molecule has 0 radical (unpaired) electrons. The van der Waals surface area contributed by atoms with Crippen LogP contribution in [0.5, 0.6) is 0 Å². The third kappa shape index (κ3) is 3.28. The summed E-state index contributed by atoms with van der Waals surface area (Å²) in [5, 5.41) is 4.07. The SMILES string of the molecule is Cc1cc2cc(CC(=O)NCc3ccncc3)ccc2[nH]1. The fourth-order valence-electron chi connectivity index (χ4n) is 2.39. The molecule has 0 aliphatic heterocycles. The Hall–Kier alpha value is -2.62. The first kappa shape index (κ1) is 13.4. The third-order valence-electron chi connectivity index (χ3n) is 3.42. The molecule has 2 aromatic heterocycles. The Morgan fingerprint density at radius 1 is 1.14 bits per heavy atom. The largest absolute Gasteiger partial charge is 0.359 e. The summed E-state index contributed by atoms with van der Waals surface area (Å²) >= 11 is 0. The zero-order chi connectivity index (χ0) is 14.7. The first-order chi connectivity index (χ1) is 10.2. The number of hydrogen-bond acceptors (Lipinski definition) is 2. The van der Waals surface area contributed by atoms with Crippen molar-refractivity contribution in [2.75, 3.05) is 0 Å². The summed E-state index contributed by atoms with van der Waals surface area (Å²) in [6.07, 6.45) is 3.85. The van der Waals surface area contributed by atoms with Crippen molar-refractivity contribution >= 4 is 16.8 Å². The maximum atomic E-state index is 12.0.